The highest BCUT2D eigenvalue weighted by Crippen LogP contribution is 2.15. The number of imide groups is 1. The predicted molar refractivity (Wildman–Crippen MR) is 93.7 cm³/mol. The number of benzene rings is 1. The molecule has 140 valence electrons. The monoisotopic (exact) mass is 362 g/mol. The Morgan fingerprint density at radius 1 is 0.923 bits per heavy atom. The number of nitrogens with zero attached hydrogens (tertiary/aromatic N) is 1. The Bertz CT molecular complexity index is 638. The summed E-state index contributed by atoms with van der Waals surface area (Å²) in [6.07, 6.45) is 2.50. The SMILES string of the molecule is CC(=O)Nc1ccc(OCCOCCOCCN2C(=O)C=CC2=O)cc1. The normalized spacial score (nSPS) is 13.3. The lowest BCUT2D eigenvalue weighted by atomic mass is 10.3. The lowest BCUT2D eigenvalue weighted by Crippen LogP contribution is -2.33. The van der Waals surface area contributed by atoms with Crippen molar-refractivity contribution in [1.82, 2.24) is 4.90 Å². The van der Waals surface area contributed by atoms with E-state index in [9.17, 15) is 14.4 Å². The standard InChI is InChI=1S/C18H22N2O6/c1-14(21)19-15-2-4-16(5-3-15)26-13-12-25-11-10-24-9-8-20-17(22)6-7-18(20)23/h2-7H,8-13H2,1H3,(H,19,21). The Morgan fingerprint density at radius 3 is 2.12 bits per heavy atom. The van der Waals surface area contributed by atoms with Crippen LogP contribution in [0.2, 0.25) is 0 Å². The summed E-state index contributed by atoms with van der Waals surface area (Å²) in [4.78, 5) is 34.7. The van der Waals surface area contributed by atoms with Gasteiger partial charge >= 0.3 is 0 Å². The van der Waals surface area contributed by atoms with Gasteiger partial charge in [-0.15, -0.1) is 0 Å². The number of carbonyl (C=O) groups is 3. The summed E-state index contributed by atoms with van der Waals surface area (Å²) >= 11 is 0. The number of nitrogens with one attached hydrogen (secondary N) is 1. The summed E-state index contributed by atoms with van der Waals surface area (Å²) < 4.78 is 16.2. The number of carbonyl (C=O) groups excluding carboxylic acids is 3. The van der Waals surface area contributed by atoms with Gasteiger partial charge in [-0.2, -0.15) is 0 Å². The van der Waals surface area contributed by atoms with Gasteiger partial charge in [0.05, 0.1) is 33.0 Å². The second-order valence-electron chi connectivity index (χ2n) is 5.44. The molecule has 0 saturated carbocycles. The molecular weight excluding hydrogens is 340 g/mol. The zero-order valence-electron chi connectivity index (χ0n) is 14.6. The average Bonchev–Trinajstić information content (AvgIpc) is 2.93. The molecule has 8 nitrogen and oxygen atoms in total. The second-order valence-corrected chi connectivity index (χ2v) is 5.44. The molecule has 0 fully saturated rings. The Labute approximate surface area is 151 Å². The van der Waals surface area contributed by atoms with E-state index < -0.39 is 0 Å². The number of hydrogen-bond acceptors (Lipinski definition) is 6. The Balaban J connectivity index is 1.46. The summed E-state index contributed by atoms with van der Waals surface area (Å²) in [6.45, 7) is 3.53. The van der Waals surface area contributed by atoms with Crippen LogP contribution >= 0.6 is 0 Å². The van der Waals surface area contributed by atoms with E-state index in [0.29, 0.717) is 37.9 Å². The first kappa shape index (κ1) is 19.6. The largest absolute Gasteiger partial charge is 0.491 e. The predicted octanol–water partition coefficient (Wildman–Crippen LogP) is 0.982. The molecule has 1 aromatic carbocycles. The van der Waals surface area contributed by atoms with Gasteiger partial charge in [-0.25, -0.2) is 0 Å². The van der Waals surface area contributed by atoms with E-state index >= 15 is 0 Å². The van der Waals surface area contributed by atoms with Crippen molar-refractivity contribution in [2.24, 2.45) is 0 Å². The van der Waals surface area contributed by atoms with Crippen molar-refractivity contribution < 1.29 is 28.6 Å². The second kappa shape index (κ2) is 10.3. The molecule has 0 saturated heterocycles. The van der Waals surface area contributed by atoms with Gasteiger partial charge < -0.3 is 19.5 Å². The third-order valence-corrected chi connectivity index (χ3v) is 3.40. The number of rotatable bonds is 11. The van der Waals surface area contributed by atoms with Crippen molar-refractivity contribution in [3.05, 3.63) is 36.4 Å². The van der Waals surface area contributed by atoms with E-state index in [1.54, 1.807) is 24.3 Å². The molecule has 1 N–H and O–H groups in total. The maximum Gasteiger partial charge on any atom is 0.253 e. The first-order chi connectivity index (χ1) is 12.6. The summed E-state index contributed by atoms with van der Waals surface area (Å²) in [5.41, 5.74) is 0.714. The topological polar surface area (TPSA) is 94.2 Å². The Morgan fingerprint density at radius 2 is 1.50 bits per heavy atom. The smallest absolute Gasteiger partial charge is 0.253 e. The molecule has 2 rings (SSSR count). The molecule has 8 heteroatoms. The highest BCUT2D eigenvalue weighted by molar-refractivity contribution is 6.12. The number of amides is 3. The third kappa shape index (κ3) is 6.66. The Kier molecular flexibility index (Phi) is 7.78. The van der Waals surface area contributed by atoms with Crippen LogP contribution in [0.15, 0.2) is 36.4 Å². The van der Waals surface area contributed by atoms with Gasteiger partial charge in [-0.3, -0.25) is 19.3 Å². The zero-order chi connectivity index (χ0) is 18.8. The van der Waals surface area contributed by atoms with Crippen LogP contribution in [0.5, 0.6) is 5.75 Å². The van der Waals surface area contributed by atoms with Crippen LogP contribution in [0.25, 0.3) is 0 Å². The quantitative estimate of drug-likeness (QED) is 0.466. The summed E-state index contributed by atoms with van der Waals surface area (Å²) in [6, 6.07) is 7.06. The van der Waals surface area contributed by atoms with E-state index in [1.165, 1.54) is 19.1 Å². The molecule has 26 heavy (non-hydrogen) atoms. The number of ether oxygens (including phenoxy) is 3. The molecule has 1 aliphatic heterocycles. The minimum Gasteiger partial charge on any atom is -0.491 e. The van der Waals surface area contributed by atoms with Crippen LogP contribution in [0, 0.1) is 0 Å². The van der Waals surface area contributed by atoms with Gasteiger partial charge in [-0.1, -0.05) is 0 Å². The van der Waals surface area contributed by atoms with Crippen molar-refractivity contribution in [2.45, 2.75) is 6.92 Å². The molecule has 0 spiro atoms. The van der Waals surface area contributed by atoms with Crippen LogP contribution in [0.4, 0.5) is 5.69 Å². The van der Waals surface area contributed by atoms with Crippen LogP contribution in [-0.4, -0.2) is 62.2 Å². The van der Waals surface area contributed by atoms with Crippen LogP contribution in [0.3, 0.4) is 0 Å². The highest BCUT2D eigenvalue weighted by Gasteiger charge is 2.22. The fourth-order valence-corrected chi connectivity index (χ4v) is 2.19. The van der Waals surface area contributed by atoms with Crippen LogP contribution < -0.4 is 10.1 Å². The molecule has 0 radical (unpaired) electrons. The lowest BCUT2D eigenvalue weighted by Gasteiger charge is -2.13. The van der Waals surface area contributed by atoms with Crippen molar-refractivity contribution in [3.8, 4) is 5.75 Å². The molecule has 3 amide bonds. The molecule has 1 aromatic rings. The van der Waals surface area contributed by atoms with Crippen LogP contribution in [0.1, 0.15) is 6.92 Å². The number of hydrogen-bond donors (Lipinski definition) is 1. The molecule has 0 bridgehead atoms. The zero-order valence-corrected chi connectivity index (χ0v) is 14.6. The molecular formula is C18H22N2O6. The minimum absolute atomic E-state index is 0.121. The van der Waals surface area contributed by atoms with Crippen molar-refractivity contribution in [2.75, 3.05) is 44.9 Å². The summed E-state index contributed by atoms with van der Waals surface area (Å²) in [5.74, 6) is -0.0497. The third-order valence-electron chi connectivity index (χ3n) is 3.40. The van der Waals surface area contributed by atoms with Crippen LogP contribution in [-0.2, 0) is 23.9 Å². The number of anilines is 1. The van der Waals surface area contributed by atoms with Crippen molar-refractivity contribution in [1.29, 1.82) is 0 Å². The summed E-state index contributed by atoms with van der Waals surface area (Å²) in [5, 5.41) is 2.68. The Hall–Kier alpha value is -2.71. The molecule has 1 aliphatic rings. The molecule has 0 aromatic heterocycles. The molecule has 0 unspecified atom stereocenters. The first-order valence-corrected chi connectivity index (χ1v) is 8.26. The van der Waals surface area contributed by atoms with Gasteiger partial charge in [0.1, 0.15) is 12.4 Å². The minimum atomic E-state index is -0.308. The fourth-order valence-electron chi connectivity index (χ4n) is 2.19. The molecule has 1 heterocycles. The van der Waals surface area contributed by atoms with Crippen molar-refractivity contribution >= 4 is 23.4 Å². The summed E-state index contributed by atoms with van der Waals surface area (Å²) in [7, 11) is 0. The fraction of sp³-hybridized carbons (Fsp3) is 0.389. The highest BCUT2D eigenvalue weighted by atomic mass is 16.5. The van der Waals surface area contributed by atoms with Gasteiger partial charge in [0.15, 0.2) is 0 Å². The van der Waals surface area contributed by atoms with Gasteiger partial charge in [0, 0.05) is 24.8 Å². The average molecular weight is 362 g/mol. The van der Waals surface area contributed by atoms with E-state index in [4.69, 9.17) is 14.2 Å². The van der Waals surface area contributed by atoms with E-state index in [1.807, 2.05) is 0 Å². The van der Waals surface area contributed by atoms with Gasteiger partial charge in [0.25, 0.3) is 11.8 Å². The van der Waals surface area contributed by atoms with Gasteiger partial charge in [0.2, 0.25) is 5.91 Å². The maximum absolute atomic E-state index is 11.3. The first-order valence-electron chi connectivity index (χ1n) is 8.26. The van der Waals surface area contributed by atoms with Crippen molar-refractivity contribution in [3.63, 3.8) is 0 Å². The molecule has 0 aliphatic carbocycles. The van der Waals surface area contributed by atoms with E-state index in [0.717, 1.165) is 4.90 Å². The van der Waals surface area contributed by atoms with E-state index in [-0.39, 0.29) is 30.9 Å². The van der Waals surface area contributed by atoms with E-state index in [2.05, 4.69) is 5.32 Å². The lowest BCUT2D eigenvalue weighted by molar-refractivity contribution is -0.137. The molecule has 0 atom stereocenters. The van der Waals surface area contributed by atoms with Gasteiger partial charge in [-0.05, 0) is 24.3 Å². The maximum atomic E-state index is 11.3.